The number of nitrogens with zero attached hydrogens (tertiary/aromatic N) is 1. The van der Waals surface area contributed by atoms with E-state index in [1.165, 1.54) is 9.88 Å². The Bertz CT molecular complexity index is 263. The fourth-order valence-corrected chi connectivity index (χ4v) is 2.32. The molecule has 0 atom stereocenters. The lowest BCUT2D eigenvalue weighted by Crippen LogP contribution is -2.39. The van der Waals surface area contributed by atoms with Gasteiger partial charge in [-0.1, -0.05) is 0 Å². The maximum Gasteiger partial charge on any atom is 0.0906 e. The van der Waals surface area contributed by atoms with Crippen molar-refractivity contribution in [2.75, 3.05) is 32.1 Å². The zero-order valence-corrected chi connectivity index (χ0v) is 8.32. The van der Waals surface area contributed by atoms with Gasteiger partial charge in [0.05, 0.1) is 5.00 Å². The first-order valence-corrected chi connectivity index (χ1v) is 5.07. The second-order valence-electron chi connectivity index (χ2n) is 3.43. The first kappa shape index (κ1) is 8.08. The summed E-state index contributed by atoms with van der Waals surface area (Å²) in [4.78, 5) is 3.69. The Kier molecular flexibility index (Phi) is 2.07. The minimum absolute atomic E-state index is 0.781. The van der Waals surface area contributed by atoms with Crippen LogP contribution in [-0.4, -0.2) is 27.2 Å². The van der Waals surface area contributed by atoms with Crippen molar-refractivity contribution in [2.24, 2.45) is 0 Å². The van der Waals surface area contributed by atoms with E-state index in [1.807, 2.05) is 11.3 Å². The summed E-state index contributed by atoms with van der Waals surface area (Å²) in [6.45, 7) is 2.32. The maximum atomic E-state index is 3.29. The molecule has 1 saturated heterocycles. The number of hydrogen-bond donors (Lipinski definition) is 1. The monoisotopic (exact) mass is 182 g/mol. The Morgan fingerprint density at radius 3 is 2.58 bits per heavy atom. The number of rotatable bonds is 2. The normalized spacial score (nSPS) is 17.5. The van der Waals surface area contributed by atoms with Crippen LogP contribution in [0.4, 0.5) is 5.00 Å². The Hall–Kier alpha value is -0.540. The van der Waals surface area contributed by atoms with Crippen molar-refractivity contribution in [3.05, 3.63) is 17.0 Å². The van der Waals surface area contributed by atoms with Crippen LogP contribution in [-0.2, 0) is 0 Å². The lowest BCUT2D eigenvalue weighted by Gasteiger charge is -2.25. The molecule has 1 aromatic rings. The first-order chi connectivity index (χ1) is 5.77. The summed E-state index contributed by atoms with van der Waals surface area (Å²) in [7, 11) is 4.18. The molecular formula is C9H14N2S. The van der Waals surface area contributed by atoms with Gasteiger partial charge >= 0.3 is 0 Å². The Labute approximate surface area is 77.2 Å². The standard InChI is InChI=1S/C9H14N2S/c1-11(2)9-4-3-8(12-9)7-5-10-6-7/h3-4,7,10H,5-6H2,1-2H3. The molecule has 1 aliphatic rings. The zero-order chi connectivity index (χ0) is 8.55. The van der Waals surface area contributed by atoms with E-state index < -0.39 is 0 Å². The molecule has 2 heterocycles. The highest BCUT2D eigenvalue weighted by Gasteiger charge is 2.20. The molecule has 1 N–H and O–H groups in total. The molecule has 66 valence electrons. The molecule has 0 aliphatic carbocycles. The molecule has 2 nitrogen and oxygen atoms in total. The van der Waals surface area contributed by atoms with Crippen LogP contribution in [0.15, 0.2) is 12.1 Å². The van der Waals surface area contributed by atoms with Crippen molar-refractivity contribution < 1.29 is 0 Å². The van der Waals surface area contributed by atoms with Crippen LogP contribution in [0, 0.1) is 0 Å². The van der Waals surface area contributed by atoms with Gasteiger partial charge in [-0.05, 0) is 12.1 Å². The number of nitrogens with one attached hydrogen (secondary N) is 1. The van der Waals surface area contributed by atoms with Gasteiger partial charge in [0.15, 0.2) is 0 Å². The van der Waals surface area contributed by atoms with Gasteiger partial charge in [0.2, 0.25) is 0 Å². The summed E-state index contributed by atoms with van der Waals surface area (Å²) in [6, 6.07) is 4.46. The molecule has 0 bridgehead atoms. The van der Waals surface area contributed by atoms with Crippen molar-refractivity contribution in [1.29, 1.82) is 0 Å². The lowest BCUT2D eigenvalue weighted by molar-refractivity contribution is 0.454. The van der Waals surface area contributed by atoms with E-state index in [1.54, 1.807) is 0 Å². The molecule has 1 aromatic heterocycles. The first-order valence-electron chi connectivity index (χ1n) is 4.25. The van der Waals surface area contributed by atoms with Gasteiger partial charge < -0.3 is 10.2 Å². The van der Waals surface area contributed by atoms with Crippen LogP contribution in [0.5, 0.6) is 0 Å². The molecule has 1 fully saturated rings. The summed E-state index contributed by atoms with van der Waals surface area (Å²) in [5.74, 6) is 0.781. The summed E-state index contributed by atoms with van der Waals surface area (Å²) in [5, 5.41) is 4.65. The van der Waals surface area contributed by atoms with Crippen LogP contribution >= 0.6 is 11.3 Å². The van der Waals surface area contributed by atoms with Gasteiger partial charge in [0, 0.05) is 38.0 Å². The average Bonchev–Trinajstić information content (AvgIpc) is 2.32. The molecule has 0 amide bonds. The van der Waals surface area contributed by atoms with Crippen molar-refractivity contribution in [3.63, 3.8) is 0 Å². The quantitative estimate of drug-likeness (QED) is 0.745. The van der Waals surface area contributed by atoms with Gasteiger partial charge in [0.1, 0.15) is 0 Å². The second kappa shape index (κ2) is 3.07. The molecule has 0 radical (unpaired) electrons. The predicted octanol–water partition coefficient (Wildman–Crippen LogP) is 1.50. The van der Waals surface area contributed by atoms with E-state index in [4.69, 9.17) is 0 Å². The third-order valence-electron chi connectivity index (χ3n) is 2.24. The summed E-state index contributed by atoms with van der Waals surface area (Å²) in [6.07, 6.45) is 0. The Morgan fingerprint density at radius 1 is 1.42 bits per heavy atom. The van der Waals surface area contributed by atoms with E-state index in [0.29, 0.717) is 0 Å². The molecule has 12 heavy (non-hydrogen) atoms. The molecule has 1 aliphatic heterocycles. The molecular weight excluding hydrogens is 168 g/mol. The van der Waals surface area contributed by atoms with Crippen LogP contribution < -0.4 is 10.2 Å². The van der Waals surface area contributed by atoms with Crippen molar-refractivity contribution >= 4 is 16.3 Å². The van der Waals surface area contributed by atoms with E-state index in [9.17, 15) is 0 Å². The van der Waals surface area contributed by atoms with Crippen molar-refractivity contribution in [1.82, 2.24) is 5.32 Å². The topological polar surface area (TPSA) is 15.3 Å². The average molecular weight is 182 g/mol. The van der Waals surface area contributed by atoms with Gasteiger partial charge in [-0.3, -0.25) is 0 Å². The van der Waals surface area contributed by atoms with Crippen LogP contribution in [0.2, 0.25) is 0 Å². The van der Waals surface area contributed by atoms with E-state index >= 15 is 0 Å². The molecule has 3 heteroatoms. The molecule has 0 unspecified atom stereocenters. The highest BCUT2D eigenvalue weighted by Crippen LogP contribution is 2.31. The van der Waals surface area contributed by atoms with Gasteiger partial charge in [-0.2, -0.15) is 0 Å². The van der Waals surface area contributed by atoms with Crippen LogP contribution in [0.3, 0.4) is 0 Å². The fraction of sp³-hybridized carbons (Fsp3) is 0.556. The number of anilines is 1. The van der Waals surface area contributed by atoms with Gasteiger partial charge in [0.25, 0.3) is 0 Å². The highest BCUT2D eigenvalue weighted by molar-refractivity contribution is 7.16. The fourth-order valence-electron chi connectivity index (χ4n) is 1.29. The molecule has 0 spiro atoms. The minimum Gasteiger partial charge on any atom is -0.370 e. The van der Waals surface area contributed by atoms with E-state index in [2.05, 4.69) is 36.4 Å². The summed E-state index contributed by atoms with van der Waals surface area (Å²) >= 11 is 1.91. The third kappa shape index (κ3) is 1.34. The lowest BCUT2D eigenvalue weighted by atomic mass is 10.0. The van der Waals surface area contributed by atoms with Gasteiger partial charge in [-0.25, -0.2) is 0 Å². The summed E-state index contributed by atoms with van der Waals surface area (Å²) in [5.41, 5.74) is 0. The summed E-state index contributed by atoms with van der Waals surface area (Å²) < 4.78 is 0. The second-order valence-corrected chi connectivity index (χ2v) is 4.52. The van der Waals surface area contributed by atoms with Gasteiger partial charge in [-0.15, -0.1) is 11.3 Å². The third-order valence-corrected chi connectivity index (χ3v) is 3.65. The SMILES string of the molecule is CN(C)c1ccc(C2CNC2)s1. The number of hydrogen-bond acceptors (Lipinski definition) is 3. The molecule has 0 aromatic carbocycles. The number of thiophene rings is 1. The smallest absolute Gasteiger partial charge is 0.0906 e. The minimum atomic E-state index is 0.781. The van der Waals surface area contributed by atoms with Crippen molar-refractivity contribution in [2.45, 2.75) is 5.92 Å². The largest absolute Gasteiger partial charge is 0.370 e. The van der Waals surface area contributed by atoms with E-state index in [0.717, 1.165) is 19.0 Å². The highest BCUT2D eigenvalue weighted by atomic mass is 32.1. The van der Waals surface area contributed by atoms with Crippen LogP contribution in [0.25, 0.3) is 0 Å². The Balaban J connectivity index is 2.12. The van der Waals surface area contributed by atoms with E-state index in [-0.39, 0.29) is 0 Å². The van der Waals surface area contributed by atoms with Crippen LogP contribution in [0.1, 0.15) is 10.8 Å². The van der Waals surface area contributed by atoms with Crippen molar-refractivity contribution in [3.8, 4) is 0 Å². The molecule has 2 rings (SSSR count). The maximum absolute atomic E-state index is 3.29. The predicted molar refractivity (Wildman–Crippen MR) is 54.3 cm³/mol. The zero-order valence-electron chi connectivity index (χ0n) is 7.50. The molecule has 0 saturated carbocycles. The Morgan fingerprint density at radius 2 is 2.17 bits per heavy atom.